The maximum atomic E-state index is 13.9. The van der Waals surface area contributed by atoms with Crippen molar-refractivity contribution in [2.75, 3.05) is 13.1 Å². The van der Waals surface area contributed by atoms with Gasteiger partial charge in [0.05, 0.1) is 5.52 Å². The molecule has 0 radical (unpaired) electrons. The van der Waals surface area contributed by atoms with Crippen molar-refractivity contribution in [2.24, 2.45) is 7.05 Å². The zero-order valence-electron chi connectivity index (χ0n) is 10.1. The molecule has 2 heterocycles. The second kappa shape index (κ2) is 4.15. The molecular weight excluding hydrogens is 215 g/mol. The molecule has 1 aliphatic rings. The van der Waals surface area contributed by atoms with Crippen LogP contribution in [0.5, 0.6) is 0 Å². The van der Waals surface area contributed by atoms with Gasteiger partial charge in [-0.3, -0.25) is 4.90 Å². The first kappa shape index (κ1) is 10.8. The molecule has 2 aromatic rings. The van der Waals surface area contributed by atoms with Crippen LogP contribution in [-0.2, 0) is 13.6 Å². The van der Waals surface area contributed by atoms with Gasteiger partial charge in [0.25, 0.3) is 0 Å². The van der Waals surface area contributed by atoms with Crippen LogP contribution in [-0.4, -0.2) is 22.6 Å². The molecule has 0 aliphatic carbocycles. The van der Waals surface area contributed by atoms with E-state index >= 15 is 0 Å². The minimum atomic E-state index is -0.0997. The van der Waals surface area contributed by atoms with Crippen LogP contribution in [0.3, 0.4) is 0 Å². The predicted molar refractivity (Wildman–Crippen MR) is 67.4 cm³/mol. The number of aromatic nitrogens is 1. The molecule has 1 aromatic heterocycles. The van der Waals surface area contributed by atoms with Crippen molar-refractivity contribution < 1.29 is 4.39 Å². The molecule has 90 valence electrons. The Kier molecular flexibility index (Phi) is 2.63. The monoisotopic (exact) mass is 232 g/mol. The van der Waals surface area contributed by atoms with Crippen molar-refractivity contribution in [3.63, 3.8) is 0 Å². The summed E-state index contributed by atoms with van der Waals surface area (Å²) in [5.41, 5.74) is 2.10. The van der Waals surface area contributed by atoms with E-state index in [0.717, 1.165) is 36.1 Å². The van der Waals surface area contributed by atoms with E-state index in [0.29, 0.717) is 0 Å². The van der Waals surface area contributed by atoms with Crippen LogP contribution in [0.25, 0.3) is 10.9 Å². The molecule has 1 aromatic carbocycles. The van der Waals surface area contributed by atoms with Gasteiger partial charge in [-0.25, -0.2) is 4.39 Å². The van der Waals surface area contributed by atoms with Gasteiger partial charge in [-0.1, -0.05) is 6.07 Å². The van der Waals surface area contributed by atoms with Gasteiger partial charge in [0.1, 0.15) is 5.82 Å². The van der Waals surface area contributed by atoms with Gasteiger partial charge in [0, 0.05) is 25.2 Å². The third-order valence-electron chi connectivity index (χ3n) is 3.63. The average Bonchev–Trinajstić information content (AvgIpc) is 2.90. The molecule has 1 saturated heterocycles. The number of likely N-dealkylation sites (tertiary alicyclic amines) is 1. The predicted octanol–water partition coefficient (Wildman–Crippen LogP) is 2.91. The van der Waals surface area contributed by atoms with Crippen molar-refractivity contribution in [1.29, 1.82) is 0 Å². The first-order valence-corrected chi connectivity index (χ1v) is 6.20. The van der Waals surface area contributed by atoms with Gasteiger partial charge < -0.3 is 4.57 Å². The van der Waals surface area contributed by atoms with Crippen LogP contribution in [0.4, 0.5) is 4.39 Å². The van der Waals surface area contributed by atoms with Crippen LogP contribution in [0.15, 0.2) is 24.4 Å². The number of hydrogen-bond acceptors (Lipinski definition) is 1. The van der Waals surface area contributed by atoms with E-state index in [2.05, 4.69) is 11.1 Å². The highest BCUT2D eigenvalue weighted by atomic mass is 19.1. The molecule has 1 fully saturated rings. The number of hydrogen-bond donors (Lipinski definition) is 0. The Morgan fingerprint density at radius 3 is 2.76 bits per heavy atom. The Bertz CT molecular complexity index is 538. The molecule has 17 heavy (non-hydrogen) atoms. The Balaban J connectivity index is 2.03. The molecule has 0 atom stereocenters. The van der Waals surface area contributed by atoms with Gasteiger partial charge in [0.2, 0.25) is 0 Å². The Morgan fingerprint density at radius 1 is 1.24 bits per heavy atom. The molecule has 3 heteroatoms. The number of benzene rings is 1. The normalized spacial score (nSPS) is 17.1. The lowest BCUT2D eigenvalue weighted by Crippen LogP contribution is -2.18. The summed E-state index contributed by atoms with van der Waals surface area (Å²) < 4.78 is 15.9. The summed E-state index contributed by atoms with van der Waals surface area (Å²) in [6, 6.07) is 5.30. The fraction of sp³-hybridized carbons (Fsp3) is 0.429. The topological polar surface area (TPSA) is 8.17 Å². The van der Waals surface area contributed by atoms with Crippen molar-refractivity contribution >= 4 is 10.9 Å². The summed E-state index contributed by atoms with van der Waals surface area (Å²) in [5.74, 6) is -0.0997. The molecule has 0 amide bonds. The van der Waals surface area contributed by atoms with Crippen molar-refractivity contribution in [1.82, 2.24) is 9.47 Å². The van der Waals surface area contributed by atoms with Gasteiger partial charge in [-0.2, -0.15) is 0 Å². The minimum Gasteiger partial charge on any atom is -0.350 e. The molecule has 0 N–H and O–H groups in total. The van der Waals surface area contributed by atoms with Crippen LogP contribution in [0, 0.1) is 5.82 Å². The second-order valence-corrected chi connectivity index (χ2v) is 4.88. The third kappa shape index (κ3) is 1.84. The average molecular weight is 232 g/mol. The zero-order valence-corrected chi connectivity index (χ0v) is 10.1. The molecule has 0 bridgehead atoms. The maximum absolute atomic E-state index is 13.9. The van der Waals surface area contributed by atoms with Crippen molar-refractivity contribution in [2.45, 2.75) is 19.4 Å². The summed E-state index contributed by atoms with van der Waals surface area (Å²) in [6.45, 7) is 3.16. The van der Waals surface area contributed by atoms with Gasteiger partial charge in [-0.15, -0.1) is 0 Å². The Labute approximate surface area is 101 Å². The highest BCUT2D eigenvalue weighted by Gasteiger charge is 2.16. The smallest absolute Gasteiger partial charge is 0.132 e. The van der Waals surface area contributed by atoms with Gasteiger partial charge in [-0.05, 0) is 43.6 Å². The lowest BCUT2D eigenvalue weighted by molar-refractivity contribution is 0.332. The molecule has 1 aliphatic heterocycles. The SMILES string of the molecule is Cn1cc(CN2CCCC2)c2c(F)cccc21. The zero-order chi connectivity index (χ0) is 11.8. The summed E-state index contributed by atoms with van der Waals surface area (Å²) in [4.78, 5) is 2.40. The highest BCUT2D eigenvalue weighted by Crippen LogP contribution is 2.25. The van der Waals surface area contributed by atoms with E-state index in [-0.39, 0.29) is 5.82 Å². The number of aryl methyl sites for hydroxylation is 1. The fourth-order valence-corrected chi connectivity index (χ4v) is 2.79. The Hall–Kier alpha value is -1.35. The maximum Gasteiger partial charge on any atom is 0.132 e. The van der Waals surface area contributed by atoms with E-state index in [1.54, 1.807) is 12.1 Å². The lowest BCUT2D eigenvalue weighted by Gasteiger charge is -2.13. The molecule has 0 saturated carbocycles. The molecular formula is C14H17FN2. The summed E-state index contributed by atoms with van der Waals surface area (Å²) in [6.07, 6.45) is 4.60. The van der Waals surface area contributed by atoms with E-state index in [1.807, 2.05) is 17.7 Å². The lowest BCUT2D eigenvalue weighted by atomic mass is 10.1. The first-order valence-electron chi connectivity index (χ1n) is 6.20. The molecule has 3 rings (SSSR count). The molecule has 2 nitrogen and oxygen atoms in total. The standard InChI is InChI=1S/C14H17FN2/c1-16-9-11(10-17-7-2-3-8-17)14-12(15)5-4-6-13(14)16/h4-6,9H,2-3,7-8,10H2,1H3. The molecule has 0 spiro atoms. The molecule has 0 unspecified atom stereocenters. The Morgan fingerprint density at radius 2 is 2.00 bits per heavy atom. The largest absolute Gasteiger partial charge is 0.350 e. The second-order valence-electron chi connectivity index (χ2n) is 4.88. The highest BCUT2D eigenvalue weighted by molar-refractivity contribution is 5.84. The number of halogens is 1. The van der Waals surface area contributed by atoms with Crippen LogP contribution in [0.1, 0.15) is 18.4 Å². The van der Waals surface area contributed by atoms with Crippen LogP contribution in [0.2, 0.25) is 0 Å². The summed E-state index contributed by atoms with van der Waals surface area (Å²) in [7, 11) is 1.98. The van der Waals surface area contributed by atoms with Crippen molar-refractivity contribution in [3.8, 4) is 0 Å². The first-order chi connectivity index (χ1) is 8.25. The van der Waals surface area contributed by atoms with Crippen LogP contribution >= 0.6 is 0 Å². The quantitative estimate of drug-likeness (QED) is 0.773. The summed E-state index contributed by atoms with van der Waals surface area (Å²) >= 11 is 0. The van der Waals surface area contributed by atoms with E-state index in [1.165, 1.54) is 12.8 Å². The number of fused-ring (bicyclic) bond motifs is 1. The van der Waals surface area contributed by atoms with Gasteiger partial charge >= 0.3 is 0 Å². The van der Waals surface area contributed by atoms with E-state index < -0.39 is 0 Å². The van der Waals surface area contributed by atoms with E-state index in [4.69, 9.17) is 0 Å². The third-order valence-corrected chi connectivity index (χ3v) is 3.63. The van der Waals surface area contributed by atoms with Crippen molar-refractivity contribution in [3.05, 3.63) is 35.8 Å². The van der Waals surface area contributed by atoms with Gasteiger partial charge in [0.15, 0.2) is 0 Å². The number of nitrogens with zero attached hydrogens (tertiary/aromatic N) is 2. The minimum absolute atomic E-state index is 0.0997. The summed E-state index contributed by atoms with van der Waals surface area (Å²) in [5, 5.41) is 0.793. The van der Waals surface area contributed by atoms with E-state index in [9.17, 15) is 4.39 Å². The van der Waals surface area contributed by atoms with Crippen LogP contribution < -0.4 is 0 Å². The number of rotatable bonds is 2. The fourth-order valence-electron chi connectivity index (χ4n) is 2.79.